The van der Waals surface area contributed by atoms with Gasteiger partial charge in [-0.1, -0.05) is 22.6 Å². The second-order valence-electron chi connectivity index (χ2n) is 7.30. The van der Waals surface area contributed by atoms with E-state index in [2.05, 4.69) is 69.5 Å². The van der Waals surface area contributed by atoms with Crippen molar-refractivity contribution in [3.05, 3.63) is 46.2 Å². The Bertz CT molecular complexity index is 575. The standard InChI is InChI=1S/C20H30N2/c1-15(2)18-10-7-17(8-11-18)9-12-19-16(3)22(6)14-13-21-20(19,4)5/h13-14,16,21H,7-8,10-11H2,1-6H3. The largest absolute Gasteiger partial charge is 0.380 e. The highest BCUT2D eigenvalue weighted by Crippen LogP contribution is 2.29. The first-order valence-electron chi connectivity index (χ1n) is 8.37. The molecule has 120 valence electrons. The van der Waals surface area contributed by atoms with Gasteiger partial charge in [0.1, 0.15) is 0 Å². The van der Waals surface area contributed by atoms with Gasteiger partial charge in [-0.15, -0.1) is 0 Å². The summed E-state index contributed by atoms with van der Waals surface area (Å²) in [5.74, 6) is 0. The summed E-state index contributed by atoms with van der Waals surface area (Å²) < 4.78 is 0. The molecule has 2 nitrogen and oxygen atoms in total. The second-order valence-corrected chi connectivity index (χ2v) is 7.30. The summed E-state index contributed by atoms with van der Waals surface area (Å²) in [6.07, 6.45) is 8.78. The summed E-state index contributed by atoms with van der Waals surface area (Å²) >= 11 is 0. The Morgan fingerprint density at radius 1 is 1.18 bits per heavy atom. The van der Waals surface area contributed by atoms with E-state index in [0.717, 1.165) is 12.8 Å². The molecule has 1 fully saturated rings. The minimum Gasteiger partial charge on any atom is -0.380 e. The van der Waals surface area contributed by atoms with E-state index in [9.17, 15) is 0 Å². The van der Waals surface area contributed by atoms with Crippen LogP contribution in [0.15, 0.2) is 46.2 Å². The first-order valence-corrected chi connectivity index (χ1v) is 8.37. The predicted octanol–water partition coefficient (Wildman–Crippen LogP) is 4.68. The van der Waals surface area contributed by atoms with Crippen molar-refractivity contribution in [2.45, 2.75) is 71.9 Å². The van der Waals surface area contributed by atoms with E-state index in [1.165, 1.54) is 29.6 Å². The number of hydrogen-bond donors (Lipinski definition) is 1. The SMILES string of the molecule is CC(C)=C1CCC(=C=C=C2C(C)N(C)C=CNC2(C)C)CC1. The van der Waals surface area contributed by atoms with Crippen LogP contribution in [0.1, 0.15) is 60.3 Å². The van der Waals surface area contributed by atoms with Gasteiger partial charge in [-0.2, -0.15) is 0 Å². The maximum Gasteiger partial charge on any atom is 0.0625 e. The normalized spacial score (nSPS) is 24.4. The van der Waals surface area contributed by atoms with E-state index in [0.29, 0.717) is 6.04 Å². The third-order valence-electron chi connectivity index (χ3n) is 4.99. The molecule has 0 aromatic carbocycles. The Kier molecular flexibility index (Phi) is 5.06. The molecule has 1 heterocycles. The van der Waals surface area contributed by atoms with Crippen LogP contribution in [0.25, 0.3) is 0 Å². The fourth-order valence-electron chi connectivity index (χ4n) is 3.19. The molecule has 1 atom stereocenters. The van der Waals surface area contributed by atoms with Gasteiger partial charge >= 0.3 is 0 Å². The molecule has 0 spiro atoms. The van der Waals surface area contributed by atoms with Gasteiger partial charge in [0.05, 0.1) is 11.6 Å². The van der Waals surface area contributed by atoms with E-state index >= 15 is 0 Å². The molecule has 1 aliphatic carbocycles. The zero-order chi connectivity index (χ0) is 16.3. The molecule has 0 radical (unpaired) electrons. The van der Waals surface area contributed by atoms with E-state index < -0.39 is 0 Å². The van der Waals surface area contributed by atoms with Gasteiger partial charge in [0.15, 0.2) is 0 Å². The summed E-state index contributed by atoms with van der Waals surface area (Å²) in [4.78, 5) is 2.22. The van der Waals surface area contributed by atoms with Crippen molar-refractivity contribution < 1.29 is 0 Å². The lowest BCUT2D eigenvalue weighted by Gasteiger charge is -2.31. The molecular formula is C20H30N2. The molecule has 0 aromatic heterocycles. The van der Waals surface area contributed by atoms with Crippen LogP contribution in [0.5, 0.6) is 0 Å². The molecular weight excluding hydrogens is 268 g/mol. The molecule has 2 rings (SSSR count). The van der Waals surface area contributed by atoms with Crippen LogP contribution in [0.4, 0.5) is 0 Å². The predicted molar refractivity (Wildman–Crippen MR) is 94.5 cm³/mol. The van der Waals surface area contributed by atoms with Crippen LogP contribution >= 0.6 is 0 Å². The van der Waals surface area contributed by atoms with Crippen molar-refractivity contribution in [2.24, 2.45) is 0 Å². The average molecular weight is 298 g/mol. The van der Waals surface area contributed by atoms with E-state index in [4.69, 9.17) is 0 Å². The van der Waals surface area contributed by atoms with Gasteiger partial charge in [0.2, 0.25) is 0 Å². The maximum absolute atomic E-state index is 3.52. The summed E-state index contributed by atoms with van der Waals surface area (Å²) in [6.45, 7) is 11.1. The van der Waals surface area contributed by atoms with Crippen molar-refractivity contribution in [1.82, 2.24) is 10.2 Å². The van der Waals surface area contributed by atoms with E-state index in [1.54, 1.807) is 5.57 Å². The lowest BCUT2D eigenvalue weighted by molar-refractivity contribution is 0.366. The average Bonchev–Trinajstić information content (AvgIpc) is 2.55. The molecule has 0 amide bonds. The Morgan fingerprint density at radius 3 is 2.41 bits per heavy atom. The van der Waals surface area contributed by atoms with Crippen LogP contribution < -0.4 is 5.32 Å². The number of nitrogens with one attached hydrogen (secondary N) is 1. The lowest BCUT2D eigenvalue weighted by Crippen LogP contribution is -2.41. The minimum atomic E-state index is -0.0893. The Morgan fingerprint density at radius 2 is 1.82 bits per heavy atom. The van der Waals surface area contributed by atoms with Gasteiger partial charge in [-0.05, 0) is 65.9 Å². The number of nitrogens with zero attached hydrogens (tertiary/aromatic N) is 1. The van der Waals surface area contributed by atoms with Crippen LogP contribution in [-0.4, -0.2) is 23.5 Å². The molecule has 2 aliphatic rings. The fourth-order valence-corrected chi connectivity index (χ4v) is 3.19. The number of likely N-dealkylation sites (N-methyl/N-ethyl adjacent to an activating group) is 1. The van der Waals surface area contributed by atoms with Gasteiger partial charge < -0.3 is 10.2 Å². The smallest absolute Gasteiger partial charge is 0.0625 e. The van der Waals surface area contributed by atoms with Crippen LogP contribution in [-0.2, 0) is 0 Å². The Balaban J connectivity index is 2.33. The third-order valence-corrected chi connectivity index (χ3v) is 4.99. The highest BCUT2D eigenvalue weighted by molar-refractivity contribution is 5.27. The topological polar surface area (TPSA) is 15.3 Å². The first-order chi connectivity index (χ1) is 10.3. The maximum atomic E-state index is 3.52. The van der Waals surface area contributed by atoms with Crippen molar-refractivity contribution in [3.63, 3.8) is 0 Å². The molecule has 1 aliphatic heterocycles. The van der Waals surface area contributed by atoms with Crippen LogP contribution in [0.3, 0.4) is 0 Å². The summed E-state index contributed by atoms with van der Waals surface area (Å²) in [7, 11) is 2.11. The number of hydrogen-bond acceptors (Lipinski definition) is 2. The Labute approximate surface area is 136 Å². The minimum absolute atomic E-state index is 0.0893. The molecule has 0 aromatic rings. The molecule has 1 unspecified atom stereocenters. The first kappa shape index (κ1) is 16.7. The molecule has 22 heavy (non-hydrogen) atoms. The van der Waals surface area contributed by atoms with Gasteiger partial charge in [0.25, 0.3) is 0 Å². The van der Waals surface area contributed by atoms with Crippen molar-refractivity contribution in [2.75, 3.05) is 7.05 Å². The Hall–Kier alpha value is -1.62. The second kappa shape index (κ2) is 6.65. The lowest BCUT2D eigenvalue weighted by atomic mass is 9.87. The van der Waals surface area contributed by atoms with E-state index in [1.807, 2.05) is 6.20 Å². The number of allylic oxidation sites excluding steroid dienone is 3. The van der Waals surface area contributed by atoms with Crippen LogP contribution in [0, 0.1) is 0 Å². The third kappa shape index (κ3) is 3.77. The molecule has 0 bridgehead atoms. The van der Waals surface area contributed by atoms with Gasteiger partial charge in [-0.25, -0.2) is 0 Å². The van der Waals surface area contributed by atoms with Crippen molar-refractivity contribution >= 4 is 0 Å². The molecule has 1 saturated carbocycles. The van der Waals surface area contributed by atoms with Crippen LogP contribution in [0.2, 0.25) is 0 Å². The fraction of sp³-hybridized carbons (Fsp3) is 0.600. The van der Waals surface area contributed by atoms with Gasteiger partial charge in [-0.3, -0.25) is 0 Å². The molecule has 0 saturated heterocycles. The number of rotatable bonds is 0. The monoisotopic (exact) mass is 298 g/mol. The zero-order valence-electron chi connectivity index (χ0n) is 15.0. The van der Waals surface area contributed by atoms with E-state index in [-0.39, 0.29) is 5.54 Å². The molecule has 1 N–H and O–H groups in total. The highest BCUT2D eigenvalue weighted by Gasteiger charge is 2.29. The summed E-state index contributed by atoms with van der Waals surface area (Å²) in [6, 6.07) is 0.325. The highest BCUT2D eigenvalue weighted by atomic mass is 15.1. The summed E-state index contributed by atoms with van der Waals surface area (Å²) in [5, 5.41) is 3.46. The van der Waals surface area contributed by atoms with Gasteiger partial charge in [0, 0.05) is 25.0 Å². The van der Waals surface area contributed by atoms with Crippen molar-refractivity contribution in [3.8, 4) is 0 Å². The van der Waals surface area contributed by atoms with Crippen molar-refractivity contribution in [1.29, 1.82) is 0 Å². The quantitative estimate of drug-likeness (QED) is 0.516. The summed E-state index contributed by atoms with van der Waals surface area (Å²) in [5.41, 5.74) is 12.7. The zero-order valence-corrected chi connectivity index (χ0v) is 15.0. The molecule has 2 heteroatoms.